The first-order chi connectivity index (χ1) is 37.1. The topological polar surface area (TPSA) is 505 Å². The zero-order chi connectivity index (χ0) is 59.0. The van der Waals surface area contributed by atoms with Crippen molar-refractivity contribution in [1.82, 2.24) is 72.1 Å². The summed E-state index contributed by atoms with van der Waals surface area (Å²) >= 11 is 0. The number of nitrogens with two attached hydrogens (primary N) is 4. The highest BCUT2D eigenvalue weighted by atomic mass is 31.2. The van der Waals surface area contributed by atoms with Crippen molar-refractivity contribution in [3.8, 4) is 0 Å². The van der Waals surface area contributed by atoms with Crippen LogP contribution in [0.1, 0.15) is 103 Å². The van der Waals surface area contributed by atoms with Gasteiger partial charge < -0.3 is 84.6 Å². The Bertz CT molecular complexity index is 2430. The first-order valence-electron chi connectivity index (χ1n) is 26.3. The summed E-state index contributed by atoms with van der Waals surface area (Å²) in [6.45, 7) is 6.60. The summed E-state index contributed by atoms with van der Waals surface area (Å²) in [5.74, 6) is -6.01. The monoisotopic (exact) mass is 1160 g/mol. The van der Waals surface area contributed by atoms with Crippen LogP contribution in [0, 0.1) is 0 Å². The number of unbranched alkanes of at least 4 members (excludes halogenated alkanes) is 2. The second kappa shape index (κ2) is 33.1. The van der Waals surface area contributed by atoms with Gasteiger partial charge in [-0.1, -0.05) is 16.8 Å². The van der Waals surface area contributed by atoms with Crippen LogP contribution in [0.5, 0.6) is 0 Å². The molecular weight excluding hydrogens is 1080 g/mol. The van der Waals surface area contributed by atoms with E-state index in [-0.39, 0.29) is 94.6 Å². The Morgan fingerprint density at radius 1 is 0.582 bits per heavy atom. The number of likely N-dealkylation sites (tertiary alicyclic amines) is 1. The predicted octanol–water partition coefficient (Wildman–Crippen LogP) is -5.20. The summed E-state index contributed by atoms with van der Waals surface area (Å²) in [4.78, 5) is 149. The highest BCUT2D eigenvalue weighted by Gasteiger charge is 2.38. The molecule has 1 aliphatic rings. The van der Waals surface area contributed by atoms with Gasteiger partial charge >= 0.3 is 15.2 Å². The van der Waals surface area contributed by atoms with Crippen molar-refractivity contribution in [1.29, 1.82) is 0 Å². The molecule has 0 bridgehead atoms. The van der Waals surface area contributed by atoms with Crippen LogP contribution in [0.3, 0.4) is 0 Å². The Hall–Kier alpha value is -5.82. The highest BCUT2D eigenvalue weighted by molar-refractivity contribution is 7.52. The summed E-state index contributed by atoms with van der Waals surface area (Å²) in [6, 6.07) is -10.2. The van der Waals surface area contributed by atoms with Crippen LogP contribution in [0.2, 0.25) is 0 Å². The Morgan fingerprint density at radius 3 is 1.48 bits per heavy atom. The van der Waals surface area contributed by atoms with E-state index in [0.717, 1.165) is 22.2 Å². The summed E-state index contributed by atoms with van der Waals surface area (Å²) in [7, 11) is -8.87. The SMILES string of the molecule is C[C@H](CCCCN)NC(=O)[C@@H]1CCCN1C(=O)[C@H](C)NC(=O)[C@H](Cc1cn(CCP(=O)(O)O)nn1)NC(=O)[C@H](CCCCN)NC(=O)[C@H](C)NC(=O)[C@H](Cc1cn(CCP(=O)(O)O)nn1)NC(=O)C(CCCN)NC(=O)[C@H](C)N. The molecule has 0 aliphatic carbocycles. The van der Waals surface area contributed by atoms with Gasteiger partial charge in [0, 0.05) is 37.8 Å². The fourth-order valence-electron chi connectivity index (χ4n) is 8.20. The number of nitrogens with zero attached hydrogens (tertiary/aromatic N) is 7. The molecule has 0 aromatic carbocycles. The average Bonchev–Trinajstić information content (AvgIpc) is 4.18. The van der Waals surface area contributed by atoms with Crippen molar-refractivity contribution in [2.75, 3.05) is 38.5 Å². The van der Waals surface area contributed by atoms with Gasteiger partial charge in [0.2, 0.25) is 47.3 Å². The van der Waals surface area contributed by atoms with Gasteiger partial charge in [0.1, 0.15) is 42.3 Å². The maximum absolute atomic E-state index is 14.3. The molecule has 3 rings (SSSR count). The van der Waals surface area contributed by atoms with E-state index in [1.165, 1.54) is 38.1 Å². The van der Waals surface area contributed by atoms with Crippen molar-refractivity contribution in [3.05, 3.63) is 23.8 Å². The molecule has 3 heterocycles. The number of amides is 8. The number of aryl methyl sites for hydroxylation is 2. The van der Waals surface area contributed by atoms with Gasteiger partial charge in [0.15, 0.2) is 0 Å². The van der Waals surface area contributed by atoms with E-state index >= 15 is 0 Å². The van der Waals surface area contributed by atoms with Crippen LogP contribution in [0.15, 0.2) is 12.4 Å². The second-order valence-electron chi connectivity index (χ2n) is 19.7. The number of rotatable bonds is 36. The number of hydrogen-bond acceptors (Lipinski definition) is 18. The van der Waals surface area contributed by atoms with Crippen LogP contribution in [-0.2, 0) is 73.4 Å². The average molecular weight is 1160 g/mol. The van der Waals surface area contributed by atoms with Crippen LogP contribution in [0.25, 0.3) is 0 Å². The first kappa shape index (κ1) is 67.5. The quantitative estimate of drug-likeness (QED) is 0.0224. The van der Waals surface area contributed by atoms with E-state index < -0.39 is 117 Å². The van der Waals surface area contributed by atoms with Crippen LogP contribution in [0.4, 0.5) is 0 Å². The summed E-state index contributed by atoms with van der Waals surface area (Å²) in [6.07, 6.45) is 4.92. The van der Waals surface area contributed by atoms with Gasteiger partial charge in [-0.15, -0.1) is 10.2 Å². The Morgan fingerprint density at radius 2 is 1.01 bits per heavy atom. The maximum Gasteiger partial charge on any atom is 0.327 e. The number of nitrogens with one attached hydrogen (secondary N) is 7. The Balaban J connectivity index is 1.88. The predicted molar refractivity (Wildman–Crippen MR) is 284 cm³/mol. The third kappa shape index (κ3) is 24.6. The molecule has 0 radical (unpaired) electrons. The minimum atomic E-state index is -4.44. The summed E-state index contributed by atoms with van der Waals surface area (Å²) in [5, 5.41) is 34.1. The van der Waals surface area contributed by atoms with Gasteiger partial charge in [-0.3, -0.25) is 56.8 Å². The zero-order valence-corrected chi connectivity index (χ0v) is 47.0. The fourth-order valence-corrected chi connectivity index (χ4v) is 9.13. The molecule has 9 atom stereocenters. The van der Waals surface area contributed by atoms with Gasteiger partial charge in [0.05, 0.1) is 42.8 Å². The minimum absolute atomic E-state index is 0.0328. The van der Waals surface area contributed by atoms with Crippen molar-refractivity contribution < 1.29 is 67.1 Å². The van der Waals surface area contributed by atoms with E-state index in [1.807, 2.05) is 6.92 Å². The third-order valence-corrected chi connectivity index (χ3v) is 14.2. The lowest BCUT2D eigenvalue weighted by atomic mass is 10.1. The number of hydrogen-bond donors (Lipinski definition) is 15. The van der Waals surface area contributed by atoms with Crippen molar-refractivity contribution >= 4 is 62.4 Å². The van der Waals surface area contributed by atoms with Gasteiger partial charge in [-0.25, -0.2) is 0 Å². The maximum atomic E-state index is 14.3. The standard InChI is InChI=1S/C45H82N18O14P2/c1-27(11-5-7-15-46)50-44(70)37-14-10-18-63(37)45(71)30(4)52-43(69)36(24-32-26-62(60-58-32)20-22-79(75,76)77)56-40(66)33(12-6-8-16-47)54-39(65)29(3)51-42(68)35(23-31-25-61(59-57-31)19-21-78(72,73)74)55-41(67)34(13-9-17-48)53-38(64)28(2)49/h25-30,33-37H,5-24,46-49H2,1-4H3,(H,50,70)(H,51,68)(H,52,69)(H,53,64)(H,54,65)(H,55,67)(H,56,66)(H2,72,73,74)(H2,75,76,77)/t27-,28+,29+,30+,33+,34?,35+,36+,37+/m1/s1. The van der Waals surface area contributed by atoms with E-state index in [4.69, 9.17) is 22.9 Å². The minimum Gasteiger partial charge on any atom is -0.352 e. The fraction of sp³-hybridized carbons (Fsp3) is 0.733. The molecule has 1 fully saturated rings. The summed E-state index contributed by atoms with van der Waals surface area (Å²) in [5.41, 5.74) is 22.9. The van der Waals surface area contributed by atoms with Crippen molar-refractivity contribution in [2.24, 2.45) is 22.9 Å². The van der Waals surface area contributed by atoms with E-state index in [9.17, 15) is 67.1 Å². The van der Waals surface area contributed by atoms with Crippen LogP contribution < -0.4 is 60.2 Å². The number of aromatic nitrogens is 6. The molecule has 8 amide bonds. The van der Waals surface area contributed by atoms with Crippen LogP contribution in [-0.4, -0.2) is 195 Å². The normalized spacial score (nSPS) is 16.8. The molecule has 79 heavy (non-hydrogen) atoms. The number of carbonyl (C=O) groups excluding carboxylic acids is 8. The molecule has 34 heteroatoms. The summed E-state index contributed by atoms with van der Waals surface area (Å²) < 4.78 is 25.3. The molecule has 446 valence electrons. The Kier molecular flexibility index (Phi) is 28.2. The molecule has 1 unspecified atom stereocenters. The largest absolute Gasteiger partial charge is 0.352 e. The lowest BCUT2D eigenvalue weighted by Gasteiger charge is -2.29. The molecule has 2 aromatic rings. The van der Waals surface area contributed by atoms with Crippen LogP contribution >= 0.6 is 15.2 Å². The molecule has 19 N–H and O–H groups in total. The smallest absolute Gasteiger partial charge is 0.327 e. The molecule has 32 nitrogen and oxygen atoms in total. The van der Waals surface area contributed by atoms with E-state index in [1.54, 1.807) is 0 Å². The molecular formula is C45H82N18O14P2. The van der Waals surface area contributed by atoms with Gasteiger partial charge in [0.25, 0.3) is 0 Å². The van der Waals surface area contributed by atoms with Crippen molar-refractivity contribution in [3.63, 3.8) is 0 Å². The molecule has 1 aliphatic heterocycles. The molecule has 1 saturated heterocycles. The van der Waals surface area contributed by atoms with Gasteiger partial charge in [-0.2, -0.15) is 0 Å². The lowest BCUT2D eigenvalue weighted by molar-refractivity contribution is -0.141. The van der Waals surface area contributed by atoms with E-state index in [2.05, 4.69) is 57.8 Å². The molecule has 2 aromatic heterocycles. The first-order valence-corrected chi connectivity index (χ1v) is 29.9. The van der Waals surface area contributed by atoms with Crippen molar-refractivity contribution in [2.45, 2.75) is 172 Å². The highest BCUT2D eigenvalue weighted by Crippen LogP contribution is 2.34. The van der Waals surface area contributed by atoms with E-state index in [0.29, 0.717) is 32.2 Å². The molecule has 0 spiro atoms. The number of carbonyl (C=O) groups is 8. The lowest BCUT2D eigenvalue weighted by Crippen LogP contribution is -2.60. The molecule has 0 saturated carbocycles. The Labute approximate surface area is 457 Å². The third-order valence-electron chi connectivity index (χ3n) is 12.6. The zero-order valence-electron chi connectivity index (χ0n) is 45.2. The second-order valence-corrected chi connectivity index (χ2v) is 23.3. The van der Waals surface area contributed by atoms with Gasteiger partial charge in [-0.05, 0) is 105 Å².